The predicted octanol–water partition coefficient (Wildman–Crippen LogP) is 4.58. The highest BCUT2D eigenvalue weighted by Crippen LogP contribution is 2.28. The van der Waals surface area contributed by atoms with E-state index in [0.29, 0.717) is 0 Å². The van der Waals surface area contributed by atoms with Crippen LogP contribution < -0.4 is 0 Å². The highest BCUT2D eigenvalue weighted by Gasteiger charge is 2.19. The molecule has 0 radical (unpaired) electrons. The smallest absolute Gasteiger partial charge is 0.0740 e. The van der Waals surface area contributed by atoms with Gasteiger partial charge >= 0.3 is 0 Å². The van der Waals surface area contributed by atoms with E-state index >= 15 is 0 Å². The fourth-order valence-corrected chi connectivity index (χ4v) is 4.41. The lowest BCUT2D eigenvalue weighted by atomic mass is 10.1. The molecule has 0 unspecified atom stereocenters. The third-order valence-corrected chi connectivity index (χ3v) is 6.31. The molecular formula is C20H22ClN3S. The van der Waals surface area contributed by atoms with E-state index in [2.05, 4.69) is 46.4 Å². The van der Waals surface area contributed by atoms with Gasteiger partial charge in [0.05, 0.1) is 16.2 Å². The Morgan fingerprint density at radius 3 is 2.44 bits per heavy atom. The van der Waals surface area contributed by atoms with E-state index in [-0.39, 0.29) is 0 Å². The van der Waals surface area contributed by atoms with Crippen molar-refractivity contribution in [2.24, 2.45) is 0 Å². The number of halogens is 1. The van der Waals surface area contributed by atoms with Gasteiger partial charge < -0.3 is 0 Å². The van der Waals surface area contributed by atoms with Gasteiger partial charge in [-0.3, -0.25) is 9.80 Å². The summed E-state index contributed by atoms with van der Waals surface area (Å²) in [6.07, 6.45) is 0. The van der Waals surface area contributed by atoms with Gasteiger partial charge in [-0.05, 0) is 30.0 Å². The Bertz CT molecular complexity index is 855. The molecule has 3 heterocycles. The zero-order chi connectivity index (χ0) is 17.2. The molecule has 0 spiro atoms. The zero-order valence-corrected chi connectivity index (χ0v) is 16.0. The summed E-state index contributed by atoms with van der Waals surface area (Å²) in [6, 6.07) is 12.6. The molecular weight excluding hydrogens is 350 g/mol. The molecule has 0 atom stereocenters. The van der Waals surface area contributed by atoms with Crippen LogP contribution in [0, 0.1) is 6.92 Å². The highest BCUT2D eigenvalue weighted by molar-refractivity contribution is 7.09. The van der Waals surface area contributed by atoms with Crippen LogP contribution in [0.25, 0.3) is 10.9 Å². The largest absolute Gasteiger partial charge is 0.296 e. The summed E-state index contributed by atoms with van der Waals surface area (Å²) in [4.78, 5) is 11.3. The first-order valence-electron chi connectivity index (χ1n) is 8.71. The van der Waals surface area contributed by atoms with Crippen LogP contribution in [-0.2, 0) is 13.1 Å². The summed E-state index contributed by atoms with van der Waals surface area (Å²) in [5.74, 6) is 0. The van der Waals surface area contributed by atoms with Crippen LogP contribution in [0.3, 0.4) is 0 Å². The number of aromatic nitrogens is 1. The number of fused-ring (bicyclic) bond motifs is 1. The fraction of sp³-hybridized carbons (Fsp3) is 0.350. The van der Waals surface area contributed by atoms with Crippen LogP contribution in [0.4, 0.5) is 0 Å². The van der Waals surface area contributed by atoms with Gasteiger partial charge in [0, 0.05) is 49.5 Å². The Kier molecular flexibility index (Phi) is 5.04. The Labute approximate surface area is 157 Å². The van der Waals surface area contributed by atoms with Gasteiger partial charge in [-0.2, -0.15) is 0 Å². The lowest BCUT2D eigenvalue weighted by Gasteiger charge is -2.34. The predicted molar refractivity (Wildman–Crippen MR) is 106 cm³/mol. The van der Waals surface area contributed by atoms with E-state index in [1.54, 1.807) is 0 Å². The maximum absolute atomic E-state index is 6.62. The second-order valence-electron chi connectivity index (χ2n) is 6.65. The van der Waals surface area contributed by atoms with E-state index in [9.17, 15) is 0 Å². The first-order chi connectivity index (χ1) is 12.2. The van der Waals surface area contributed by atoms with Crippen molar-refractivity contribution in [3.63, 3.8) is 0 Å². The maximum Gasteiger partial charge on any atom is 0.0740 e. The van der Waals surface area contributed by atoms with Crippen LogP contribution in [0.1, 0.15) is 16.1 Å². The molecule has 1 aliphatic heterocycles. The van der Waals surface area contributed by atoms with Gasteiger partial charge in [-0.25, -0.2) is 4.98 Å². The zero-order valence-electron chi connectivity index (χ0n) is 14.4. The van der Waals surface area contributed by atoms with E-state index < -0.39 is 0 Å². The fourth-order valence-electron chi connectivity index (χ4n) is 3.46. The average Bonchev–Trinajstić information content (AvgIpc) is 3.14. The lowest BCUT2D eigenvalue weighted by molar-refractivity contribution is 0.122. The van der Waals surface area contributed by atoms with Crippen molar-refractivity contribution in [1.29, 1.82) is 0 Å². The summed E-state index contributed by atoms with van der Waals surface area (Å²) in [7, 11) is 0. The highest BCUT2D eigenvalue weighted by atomic mass is 35.5. The van der Waals surface area contributed by atoms with E-state index in [0.717, 1.165) is 66.5 Å². The Hall–Kier alpha value is -1.46. The normalized spacial score (nSPS) is 16.6. The minimum atomic E-state index is 0.819. The SMILES string of the molecule is Cc1c(Cl)c(CN2CCN(Cc3cccs3)CC2)nc2ccccc12. The molecule has 5 heteroatoms. The van der Waals surface area contributed by atoms with E-state index in [1.807, 2.05) is 23.5 Å². The summed E-state index contributed by atoms with van der Waals surface area (Å²) in [5.41, 5.74) is 3.18. The average molecular weight is 372 g/mol. The minimum Gasteiger partial charge on any atom is -0.296 e. The molecule has 4 rings (SSSR count). The first kappa shape index (κ1) is 17.0. The summed E-state index contributed by atoms with van der Waals surface area (Å²) in [6.45, 7) is 8.32. The van der Waals surface area contributed by atoms with Gasteiger partial charge in [0.15, 0.2) is 0 Å². The monoisotopic (exact) mass is 371 g/mol. The van der Waals surface area contributed by atoms with Crippen molar-refractivity contribution in [2.75, 3.05) is 26.2 Å². The van der Waals surface area contributed by atoms with Crippen molar-refractivity contribution in [3.05, 3.63) is 62.9 Å². The third-order valence-electron chi connectivity index (χ3n) is 4.94. The first-order valence-corrected chi connectivity index (χ1v) is 9.97. The van der Waals surface area contributed by atoms with Crippen molar-refractivity contribution < 1.29 is 0 Å². The molecule has 0 amide bonds. The van der Waals surface area contributed by atoms with Crippen LogP contribution >= 0.6 is 22.9 Å². The van der Waals surface area contributed by atoms with Crippen molar-refractivity contribution >= 4 is 33.8 Å². The molecule has 3 nitrogen and oxygen atoms in total. The van der Waals surface area contributed by atoms with Crippen molar-refractivity contribution in [3.8, 4) is 0 Å². The van der Waals surface area contributed by atoms with Crippen LogP contribution in [-0.4, -0.2) is 41.0 Å². The number of thiophene rings is 1. The molecule has 0 bridgehead atoms. The number of hydrogen-bond donors (Lipinski definition) is 0. The Balaban J connectivity index is 1.43. The summed E-state index contributed by atoms with van der Waals surface area (Å²) < 4.78 is 0. The van der Waals surface area contributed by atoms with Gasteiger partial charge in [-0.15, -0.1) is 11.3 Å². The lowest BCUT2D eigenvalue weighted by Crippen LogP contribution is -2.45. The summed E-state index contributed by atoms with van der Waals surface area (Å²) >= 11 is 8.46. The molecule has 0 aliphatic carbocycles. The van der Waals surface area contributed by atoms with E-state index in [4.69, 9.17) is 16.6 Å². The molecule has 0 N–H and O–H groups in total. The van der Waals surface area contributed by atoms with Crippen LogP contribution in [0.15, 0.2) is 41.8 Å². The minimum absolute atomic E-state index is 0.819. The third kappa shape index (κ3) is 3.72. The number of benzene rings is 1. The molecule has 3 aromatic rings. The van der Waals surface area contributed by atoms with Gasteiger partial charge in [0.25, 0.3) is 0 Å². The number of para-hydroxylation sites is 1. The standard InChI is InChI=1S/C20H22ClN3S/c1-15-17-6-2-3-7-18(17)22-19(20(15)21)14-24-10-8-23(9-11-24)13-16-5-4-12-25-16/h2-7,12H,8-11,13-14H2,1H3. The summed E-state index contributed by atoms with van der Waals surface area (Å²) in [5, 5.41) is 4.12. The number of nitrogens with zero attached hydrogens (tertiary/aromatic N) is 3. The van der Waals surface area contributed by atoms with Crippen LogP contribution in [0.2, 0.25) is 5.02 Å². The molecule has 1 aliphatic rings. The Morgan fingerprint density at radius 1 is 1.00 bits per heavy atom. The number of aryl methyl sites for hydroxylation is 1. The Morgan fingerprint density at radius 2 is 1.72 bits per heavy atom. The number of pyridine rings is 1. The number of rotatable bonds is 4. The quantitative estimate of drug-likeness (QED) is 0.669. The maximum atomic E-state index is 6.62. The molecule has 25 heavy (non-hydrogen) atoms. The molecule has 1 aromatic carbocycles. The van der Waals surface area contributed by atoms with E-state index in [1.165, 1.54) is 4.88 Å². The molecule has 1 saturated heterocycles. The molecule has 1 fully saturated rings. The topological polar surface area (TPSA) is 19.4 Å². The molecule has 2 aromatic heterocycles. The van der Waals surface area contributed by atoms with Gasteiger partial charge in [-0.1, -0.05) is 35.9 Å². The van der Waals surface area contributed by atoms with Crippen molar-refractivity contribution in [1.82, 2.24) is 14.8 Å². The second kappa shape index (κ2) is 7.42. The van der Waals surface area contributed by atoms with Crippen molar-refractivity contribution in [2.45, 2.75) is 20.0 Å². The van der Waals surface area contributed by atoms with Crippen LogP contribution in [0.5, 0.6) is 0 Å². The molecule has 0 saturated carbocycles. The number of piperazine rings is 1. The van der Waals surface area contributed by atoms with Gasteiger partial charge in [0.1, 0.15) is 0 Å². The molecule has 130 valence electrons. The van der Waals surface area contributed by atoms with Gasteiger partial charge in [0.2, 0.25) is 0 Å². The number of hydrogen-bond acceptors (Lipinski definition) is 4. The second-order valence-corrected chi connectivity index (χ2v) is 8.06.